The Balaban J connectivity index is 1.93. The van der Waals surface area contributed by atoms with Crippen LogP contribution in [0, 0.1) is 6.92 Å². The first-order valence-electron chi connectivity index (χ1n) is 6.72. The molecule has 0 bridgehead atoms. The molecule has 1 amide bonds. The number of amides is 1. The van der Waals surface area contributed by atoms with Gasteiger partial charge in [0, 0.05) is 17.6 Å². The van der Waals surface area contributed by atoms with Gasteiger partial charge in [-0.05, 0) is 32.2 Å². The van der Waals surface area contributed by atoms with E-state index < -0.39 is 0 Å². The molecule has 0 aliphatic carbocycles. The van der Waals surface area contributed by atoms with E-state index in [1.807, 2.05) is 24.9 Å². The third-order valence-electron chi connectivity index (χ3n) is 2.96. The maximum absolute atomic E-state index is 12.1. The molecule has 22 heavy (non-hydrogen) atoms. The van der Waals surface area contributed by atoms with Gasteiger partial charge in [0.25, 0.3) is 0 Å². The number of ether oxygens (including phenoxy) is 1. The summed E-state index contributed by atoms with van der Waals surface area (Å²) < 4.78 is 10.2. The third-order valence-corrected chi connectivity index (χ3v) is 3.19. The molecular formula is C15H18ClN3O3. The molecular weight excluding hydrogens is 306 g/mol. The molecule has 0 radical (unpaired) electrons. The highest BCUT2D eigenvalue weighted by Gasteiger charge is 2.12. The molecule has 0 saturated heterocycles. The summed E-state index contributed by atoms with van der Waals surface area (Å²) in [5, 5.41) is 7.22. The zero-order valence-corrected chi connectivity index (χ0v) is 13.5. The van der Waals surface area contributed by atoms with Crippen LogP contribution >= 0.6 is 11.6 Å². The highest BCUT2D eigenvalue weighted by atomic mass is 35.5. The predicted molar refractivity (Wildman–Crippen MR) is 84.2 cm³/mol. The molecule has 0 spiro atoms. The first-order chi connectivity index (χ1) is 10.5. The minimum Gasteiger partial charge on any atom is -0.495 e. The number of aromatic nitrogens is 1. The van der Waals surface area contributed by atoms with Crippen molar-refractivity contribution < 1.29 is 14.1 Å². The first-order valence-corrected chi connectivity index (χ1v) is 7.10. The van der Waals surface area contributed by atoms with Gasteiger partial charge in [-0.2, -0.15) is 0 Å². The Bertz CT molecular complexity index is 657. The Morgan fingerprint density at radius 2 is 2.23 bits per heavy atom. The quantitative estimate of drug-likeness (QED) is 0.885. The van der Waals surface area contributed by atoms with E-state index in [0.717, 1.165) is 11.5 Å². The number of methoxy groups -OCH3 is 1. The van der Waals surface area contributed by atoms with Crippen LogP contribution in [0.25, 0.3) is 0 Å². The molecule has 0 atom stereocenters. The van der Waals surface area contributed by atoms with Crippen LogP contribution in [0.2, 0.25) is 5.02 Å². The van der Waals surface area contributed by atoms with Gasteiger partial charge in [0.05, 0.1) is 25.0 Å². The Hall–Kier alpha value is -2.05. The Kier molecular flexibility index (Phi) is 5.41. The fourth-order valence-corrected chi connectivity index (χ4v) is 2.21. The van der Waals surface area contributed by atoms with E-state index >= 15 is 0 Å². The van der Waals surface area contributed by atoms with Crippen molar-refractivity contribution in [3.8, 4) is 5.75 Å². The largest absolute Gasteiger partial charge is 0.495 e. The molecule has 2 rings (SSSR count). The van der Waals surface area contributed by atoms with Gasteiger partial charge in [-0.1, -0.05) is 16.8 Å². The average Bonchev–Trinajstić information content (AvgIpc) is 2.83. The number of carbonyl (C=O) groups excluding carboxylic acids is 1. The van der Waals surface area contributed by atoms with E-state index in [9.17, 15) is 4.79 Å². The van der Waals surface area contributed by atoms with Crippen molar-refractivity contribution in [1.82, 2.24) is 10.1 Å². The molecule has 0 aliphatic heterocycles. The molecule has 118 valence electrons. The van der Waals surface area contributed by atoms with Crippen LogP contribution < -0.4 is 10.1 Å². The summed E-state index contributed by atoms with van der Waals surface area (Å²) in [7, 11) is 3.37. The summed E-state index contributed by atoms with van der Waals surface area (Å²) in [5.74, 6) is 1.15. The summed E-state index contributed by atoms with van der Waals surface area (Å²) in [6, 6.07) is 6.91. The summed E-state index contributed by atoms with van der Waals surface area (Å²) in [5.41, 5.74) is 1.33. The minimum atomic E-state index is -0.164. The van der Waals surface area contributed by atoms with E-state index in [2.05, 4.69) is 10.5 Å². The molecule has 0 saturated carbocycles. The zero-order chi connectivity index (χ0) is 16.1. The van der Waals surface area contributed by atoms with Crippen LogP contribution in [0.4, 0.5) is 5.69 Å². The Morgan fingerprint density at radius 1 is 1.45 bits per heavy atom. The van der Waals surface area contributed by atoms with Crippen LogP contribution in [0.5, 0.6) is 5.75 Å². The maximum atomic E-state index is 12.1. The van der Waals surface area contributed by atoms with Crippen LogP contribution in [0.15, 0.2) is 28.8 Å². The second-order valence-electron chi connectivity index (χ2n) is 4.99. The maximum Gasteiger partial charge on any atom is 0.238 e. The topological polar surface area (TPSA) is 67.6 Å². The number of rotatable bonds is 6. The number of aryl methyl sites for hydroxylation is 1. The fourth-order valence-electron chi connectivity index (χ4n) is 2.04. The molecule has 7 heteroatoms. The van der Waals surface area contributed by atoms with Crippen molar-refractivity contribution in [2.24, 2.45) is 0 Å². The van der Waals surface area contributed by atoms with Crippen molar-refractivity contribution >= 4 is 23.2 Å². The lowest BCUT2D eigenvalue weighted by molar-refractivity contribution is -0.117. The summed E-state index contributed by atoms with van der Waals surface area (Å²) in [6.45, 7) is 2.56. The number of hydrogen-bond acceptors (Lipinski definition) is 5. The highest BCUT2D eigenvalue weighted by molar-refractivity contribution is 6.31. The molecule has 2 aromatic rings. The van der Waals surface area contributed by atoms with E-state index in [1.54, 1.807) is 18.2 Å². The van der Waals surface area contributed by atoms with Crippen LogP contribution in [0.3, 0.4) is 0 Å². The van der Waals surface area contributed by atoms with E-state index in [1.165, 1.54) is 7.11 Å². The molecule has 0 fully saturated rings. The second kappa shape index (κ2) is 7.29. The predicted octanol–water partition coefficient (Wildman–Crippen LogP) is 2.72. The molecule has 1 heterocycles. The fraction of sp³-hybridized carbons (Fsp3) is 0.333. The van der Waals surface area contributed by atoms with Gasteiger partial charge < -0.3 is 14.6 Å². The number of carbonyl (C=O) groups is 1. The molecule has 1 aromatic heterocycles. The highest BCUT2D eigenvalue weighted by Crippen LogP contribution is 2.27. The van der Waals surface area contributed by atoms with Crippen molar-refractivity contribution in [3.63, 3.8) is 0 Å². The summed E-state index contributed by atoms with van der Waals surface area (Å²) in [4.78, 5) is 13.9. The Morgan fingerprint density at radius 3 is 2.86 bits per heavy atom. The van der Waals surface area contributed by atoms with Crippen molar-refractivity contribution in [1.29, 1.82) is 0 Å². The lowest BCUT2D eigenvalue weighted by atomic mass is 10.3. The van der Waals surface area contributed by atoms with Gasteiger partial charge >= 0.3 is 0 Å². The van der Waals surface area contributed by atoms with Gasteiger partial charge in [0.15, 0.2) is 0 Å². The first kappa shape index (κ1) is 16.3. The molecule has 1 aromatic carbocycles. The van der Waals surface area contributed by atoms with E-state index in [4.69, 9.17) is 20.9 Å². The van der Waals surface area contributed by atoms with Crippen molar-refractivity contribution in [3.05, 3.63) is 40.7 Å². The lowest BCUT2D eigenvalue weighted by Crippen LogP contribution is -2.30. The van der Waals surface area contributed by atoms with E-state index in [-0.39, 0.29) is 12.5 Å². The number of likely N-dealkylation sites (N-methyl/N-ethyl adjacent to an activating group) is 1. The zero-order valence-electron chi connectivity index (χ0n) is 12.7. The van der Waals surface area contributed by atoms with Gasteiger partial charge in [0.2, 0.25) is 5.91 Å². The van der Waals surface area contributed by atoms with Crippen LogP contribution in [0.1, 0.15) is 11.5 Å². The average molecular weight is 324 g/mol. The van der Waals surface area contributed by atoms with Gasteiger partial charge in [-0.15, -0.1) is 0 Å². The van der Waals surface area contributed by atoms with Crippen LogP contribution in [-0.4, -0.2) is 36.7 Å². The van der Waals surface area contributed by atoms with E-state index in [0.29, 0.717) is 23.0 Å². The second-order valence-corrected chi connectivity index (χ2v) is 5.43. The molecule has 6 nitrogen and oxygen atoms in total. The number of anilines is 1. The number of hydrogen-bond donors (Lipinski definition) is 1. The third kappa shape index (κ3) is 4.47. The molecule has 0 aliphatic rings. The summed E-state index contributed by atoms with van der Waals surface area (Å²) >= 11 is 5.94. The molecule has 0 unspecified atom stereocenters. The van der Waals surface area contributed by atoms with Gasteiger partial charge in [-0.25, -0.2) is 0 Å². The standard InChI is InChI=1S/C15H18ClN3O3/c1-10-6-12(18-22-10)8-19(2)9-15(20)17-13-7-11(16)4-5-14(13)21-3/h4-7H,8-9H2,1-3H3,(H,17,20). The van der Waals surface area contributed by atoms with Gasteiger partial charge in [-0.3, -0.25) is 9.69 Å². The number of benzene rings is 1. The normalized spacial score (nSPS) is 10.8. The SMILES string of the molecule is COc1ccc(Cl)cc1NC(=O)CN(C)Cc1cc(C)on1. The van der Waals surface area contributed by atoms with Crippen molar-refractivity contribution in [2.45, 2.75) is 13.5 Å². The van der Waals surface area contributed by atoms with Gasteiger partial charge in [0.1, 0.15) is 11.5 Å². The van der Waals surface area contributed by atoms with Crippen LogP contribution in [-0.2, 0) is 11.3 Å². The minimum absolute atomic E-state index is 0.164. The Labute approximate surface area is 134 Å². The molecule has 1 N–H and O–H groups in total. The van der Waals surface area contributed by atoms with Crippen molar-refractivity contribution in [2.75, 3.05) is 26.0 Å². The number of nitrogens with one attached hydrogen (secondary N) is 1. The monoisotopic (exact) mass is 323 g/mol. The summed E-state index contributed by atoms with van der Waals surface area (Å²) in [6.07, 6.45) is 0. The smallest absolute Gasteiger partial charge is 0.238 e. The lowest BCUT2D eigenvalue weighted by Gasteiger charge is -2.16. The number of nitrogens with zero attached hydrogens (tertiary/aromatic N) is 2. The number of halogens is 1.